The van der Waals surface area contributed by atoms with Gasteiger partial charge in [0.15, 0.2) is 0 Å². The number of pyridine rings is 1. The lowest BCUT2D eigenvalue weighted by atomic mass is 10.1. The van der Waals surface area contributed by atoms with Gasteiger partial charge in [0.1, 0.15) is 0 Å². The molecule has 2 rings (SSSR count). The number of benzene rings is 1. The highest BCUT2D eigenvalue weighted by Crippen LogP contribution is 2.14. The Morgan fingerprint density at radius 3 is 1.88 bits per heavy atom. The maximum absolute atomic E-state index is 4.25. The lowest BCUT2D eigenvalue weighted by molar-refractivity contribution is 0.737. The molecule has 2 aromatic rings. The average Bonchev–Trinajstić information content (AvgIpc) is 2.31. The minimum Gasteiger partial charge on any atom is -0.256 e. The highest BCUT2D eigenvalue weighted by atomic mass is 14.7. The van der Waals surface area contributed by atoms with E-state index >= 15 is 0 Å². The Hall–Kier alpha value is -1.63. The van der Waals surface area contributed by atoms with Crippen LogP contribution in [0.3, 0.4) is 0 Å². The van der Waals surface area contributed by atoms with Crippen LogP contribution in [-0.4, -0.2) is 4.98 Å². The van der Waals surface area contributed by atoms with Gasteiger partial charge < -0.3 is 0 Å². The van der Waals surface area contributed by atoms with E-state index in [4.69, 9.17) is 0 Å². The van der Waals surface area contributed by atoms with E-state index in [1.807, 2.05) is 42.6 Å². The Kier molecular flexibility index (Phi) is 5.27. The molecule has 16 heavy (non-hydrogen) atoms. The topological polar surface area (TPSA) is 12.9 Å². The normalized spacial score (nSPS) is 9.50. The zero-order chi connectivity index (χ0) is 11.8. The van der Waals surface area contributed by atoms with Crippen LogP contribution in [0.25, 0.3) is 11.3 Å². The number of rotatable bonds is 1. The van der Waals surface area contributed by atoms with Crippen LogP contribution in [0.1, 0.15) is 20.8 Å². The summed E-state index contributed by atoms with van der Waals surface area (Å²) in [5.41, 5.74) is 2.19. The van der Waals surface area contributed by atoms with Crippen molar-refractivity contribution in [2.24, 2.45) is 5.92 Å². The molecule has 0 atom stereocenters. The van der Waals surface area contributed by atoms with E-state index in [9.17, 15) is 0 Å². The third-order valence-electron chi connectivity index (χ3n) is 1.73. The van der Waals surface area contributed by atoms with E-state index in [1.54, 1.807) is 0 Å². The molecule has 0 amide bonds. The molecule has 1 aromatic heterocycles. The van der Waals surface area contributed by atoms with Gasteiger partial charge in [-0.1, -0.05) is 57.2 Å². The standard InChI is InChI=1S/C11H9N.C4H10/c1-2-6-10(7-3-1)11-8-4-5-9-12-11;1-4(2)3/h1-9H;4H,1-3H3. The van der Waals surface area contributed by atoms with Gasteiger partial charge in [-0.15, -0.1) is 0 Å². The van der Waals surface area contributed by atoms with Crippen LogP contribution in [0, 0.1) is 5.92 Å². The van der Waals surface area contributed by atoms with Crippen LogP contribution in [-0.2, 0) is 0 Å². The van der Waals surface area contributed by atoms with E-state index < -0.39 is 0 Å². The highest BCUT2D eigenvalue weighted by Gasteiger charge is 1.93. The predicted molar refractivity (Wildman–Crippen MR) is 70.2 cm³/mol. The van der Waals surface area contributed by atoms with Crippen molar-refractivity contribution in [3.63, 3.8) is 0 Å². The van der Waals surface area contributed by atoms with Crippen LogP contribution in [0.5, 0.6) is 0 Å². The molecule has 0 aliphatic heterocycles. The van der Waals surface area contributed by atoms with E-state index in [0.717, 1.165) is 17.2 Å². The molecule has 1 aromatic carbocycles. The molecule has 0 saturated heterocycles. The molecule has 0 unspecified atom stereocenters. The fourth-order valence-corrected chi connectivity index (χ4v) is 1.14. The Bertz CT molecular complexity index is 338. The van der Waals surface area contributed by atoms with Crippen molar-refractivity contribution in [2.45, 2.75) is 20.8 Å². The summed E-state index contributed by atoms with van der Waals surface area (Å²) < 4.78 is 0. The van der Waals surface area contributed by atoms with Crippen LogP contribution in [0.4, 0.5) is 0 Å². The van der Waals surface area contributed by atoms with Gasteiger partial charge in [-0.05, 0) is 18.1 Å². The van der Waals surface area contributed by atoms with Gasteiger partial charge in [0, 0.05) is 11.8 Å². The molecule has 1 heteroatoms. The summed E-state index contributed by atoms with van der Waals surface area (Å²) in [5.74, 6) is 0.833. The molecule has 0 radical (unpaired) electrons. The fourth-order valence-electron chi connectivity index (χ4n) is 1.14. The third kappa shape index (κ3) is 4.74. The Morgan fingerprint density at radius 2 is 1.38 bits per heavy atom. The third-order valence-corrected chi connectivity index (χ3v) is 1.73. The molecule has 0 aliphatic carbocycles. The maximum Gasteiger partial charge on any atom is 0.0701 e. The first-order valence-electron chi connectivity index (χ1n) is 5.66. The van der Waals surface area contributed by atoms with Crippen LogP contribution < -0.4 is 0 Å². The molecule has 0 spiro atoms. The molecule has 0 bridgehead atoms. The smallest absolute Gasteiger partial charge is 0.0701 e. The second kappa shape index (κ2) is 6.78. The first kappa shape index (κ1) is 12.4. The Balaban J connectivity index is 0.000000280. The van der Waals surface area contributed by atoms with Crippen molar-refractivity contribution in [2.75, 3.05) is 0 Å². The van der Waals surface area contributed by atoms with Gasteiger partial charge in [0.05, 0.1) is 5.69 Å². The summed E-state index contributed by atoms with van der Waals surface area (Å²) in [6.07, 6.45) is 1.81. The van der Waals surface area contributed by atoms with Crippen LogP contribution in [0.15, 0.2) is 54.7 Å². The van der Waals surface area contributed by atoms with Crippen molar-refractivity contribution >= 4 is 0 Å². The molecule has 0 saturated carbocycles. The maximum atomic E-state index is 4.25. The quantitative estimate of drug-likeness (QED) is 0.683. The largest absolute Gasteiger partial charge is 0.256 e. The van der Waals surface area contributed by atoms with Crippen molar-refractivity contribution in [3.8, 4) is 11.3 Å². The summed E-state index contributed by atoms with van der Waals surface area (Å²) in [4.78, 5) is 4.25. The van der Waals surface area contributed by atoms with Gasteiger partial charge in [-0.25, -0.2) is 0 Å². The van der Waals surface area contributed by atoms with Crippen molar-refractivity contribution in [1.29, 1.82) is 0 Å². The van der Waals surface area contributed by atoms with Crippen molar-refractivity contribution < 1.29 is 0 Å². The second-order valence-corrected chi connectivity index (χ2v) is 4.31. The molecule has 1 nitrogen and oxygen atoms in total. The van der Waals surface area contributed by atoms with Crippen molar-refractivity contribution in [1.82, 2.24) is 4.98 Å². The van der Waals surface area contributed by atoms with Crippen molar-refractivity contribution in [3.05, 3.63) is 54.7 Å². The zero-order valence-corrected chi connectivity index (χ0v) is 10.2. The minimum atomic E-state index is 0.833. The number of nitrogens with zero attached hydrogens (tertiary/aromatic N) is 1. The monoisotopic (exact) mass is 213 g/mol. The average molecular weight is 213 g/mol. The molecule has 84 valence electrons. The van der Waals surface area contributed by atoms with Gasteiger partial charge in [-0.2, -0.15) is 0 Å². The molecule has 0 fully saturated rings. The summed E-state index contributed by atoms with van der Waals surface area (Å²) in [7, 11) is 0. The first-order chi connectivity index (χ1) is 7.70. The van der Waals surface area contributed by atoms with E-state index in [2.05, 4.69) is 37.9 Å². The van der Waals surface area contributed by atoms with Gasteiger partial charge in [0.25, 0.3) is 0 Å². The van der Waals surface area contributed by atoms with E-state index in [0.29, 0.717) is 0 Å². The number of aromatic nitrogens is 1. The summed E-state index contributed by atoms with van der Waals surface area (Å²) in [6.45, 7) is 6.50. The van der Waals surface area contributed by atoms with Gasteiger partial charge >= 0.3 is 0 Å². The lowest BCUT2D eigenvalue weighted by Crippen LogP contribution is -1.79. The molecular formula is C15H19N. The summed E-state index contributed by atoms with van der Waals surface area (Å²) in [6, 6.07) is 16.1. The van der Waals surface area contributed by atoms with E-state index in [1.165, 1.54) is 0 Å². The predicted octanol–water partition coefficient (Wildman–Crippen LogP) is 4.41. The minimum absolute atomic E-state index is 0.833. The van der Waals surface area contributed by atoms with Gasteiger partial charge in [-0.3, -0.25) is 4.98 Å². The highest BCUT2D eigenvalue weighted by molar-refractivity contribution is 5.58. The summed E-state index contributed by atoms with van der Waals surface area (Å²) in [5, 5.41) is 0. The molecule has 1 heterocycles. The molecule has 0 aliphatic rings. The summed E-state index contributed by atoms with van der Waals surface area (Å²) >= 11 is 0. The van der Waals surface area contributed by atoms with Crippen LogP contribution in [0.2, 0.25) is 0 Å². The number of hydrogen-bond donors (Lipinski definition) is 0. The van der Waals surface area contributed by atoms with E-state index in [-0.39, 0.29) is 0 Å². The Morgan fingerprint density at radius 1 is 0.812 bits per heavy atom. The molecular weight excluding hydrogens is 194 g/mol. The number of hydrogen-bond acceptors (Lipinski definition) is 1. The first-order valence-corrected chi connectivity index (χ1v) is 5.66. The van der Waals surface area contributed by atoms with Gasteiger partial charge in [0.2, 0.25) is 0 Å². The Labute approximate surface area is 98.2 Å². The zero-order valence-electron chi connectivity index (χ0n) is 10.2. The van der Waals surface area contributed by atoms with Crippen LogP contribution >= 0.6 is 0 Å². The SMILES string of the molecule is CC(C)C.c1ccc(-c2ccccn2)cc1. The fraction of sp³-hybridized carbons (Fsp3) is 0.267. The lowest BCUT2D eigenvalue weighted by Gasteiger charge is -1.97. The molecule has 0 N–H and O–H groups in total. The second-order valence-electron chi connectivity index (χ2n) is 4.31.